The van der Waals surface area contributed by atoms with Crippen molar-refractivity contribution in [1.82, 2.24) is 0 Å². The van der Waals surface area contributed by atoms with Crippen LogP contribution in [0.4, 0.5) is 0 Å². The van der Waals surface area contributed by atoms with E-state index in [-0.39, 0.29) is 41.5 Å². The van der Waals surface area contributed by atoms with E-state index >= 15 is 0 Å². The fourth-order valence-electron chi connectivity index (χ4n) is 4.05. The molecule has 0 aromatic heterocycles. The highest BCUT2D eigenvalue weighted by Crippen LogP contribution is 2.47. The molecule has 0 bridgehead atoms. The first-order chi connectivity index (χ1) is 11.6. The molecule has 2 rings (SSSR count). The summed E-state index contributed by atoms with van der Waals surface area (Å²) in [6.45, 7) is 13.7. The molecule has 0 saturated heterocycles. The summed E-state index contributed by atoms with van der Waals surface area (Å²) in [6, 6.07) is 0. The van der Waals surface area contributed by atoms with Gasteiger partial charge in [0.1, 0.15) is 0 Å². The van der Waals surface area contributed by atoms with Crippen LogP contribution in [0.15, 0.2) is 12.2 Å². The Kier molecular flexibility index (Phi) is 6.55. The van der Waals surface area contributed by atoms with E-state index in [1.807, 2.05) is 6.92 Å². The van der Waals surface area contributed by atoms with Gasteiger partial charge in [-0.1, -0.05) is 32.9 Å². The molecule has 2 unspecified atom stereocenters. The zero-order chi connectivity index (χ0) is 18.8. The summed E-state index contributed by atoms with van der Waals surface area (Å²) < 4.78 is 12.2. The number of carbonyl (C=O) groups is 1. The molecule has 0 amide bonds. The largest absolute Gasteiger partial charge is 0.466 e. The molecular weight excluding hydrogens is 332 g/mol. The number of aliphatic hydroxyl groups excluding tert-OH is 1. The number of esters is 1. The van der Waals surface area contributed by atoms with Gasteiger partial charge in [-0.2, -0.15) is 0 Å². The first-order valence-corrected chi connectivity index (χ1v) is 12.6. The molecule has 2 aliphatic rings. The van der Waals surface area contributed by atoms with Gasteiger partial charge in [0, 0.05) is 18.6 Å². The molecule has 144 valence electrons. The summed E-state index contributed by atoms with van der Waals surface area (Å²) in [6.07, 6.45) is 6.90. The average molecular weight is 369 g/mol. The Morgan fingerprint density at radius 2 is 1.96 bits per heavy atom. The molecule has 5 atom stereocenters. The normalized spacial score (nSPS) is 33.0. The highest BCUT2D eigenvalue weighted by atomic mass is 28.4. The van der Waals surface area contributed by atoms with Gasteiger partial charge in [0.05, 0.1) is 12.5 Å². The molecule has 25 heavy (non-hydrogen) atoms. The Labute approximate surface area is 154 Å². The lowest BCUT2D eigenvalue weighted by Gasteiger charge is -2.49. The third-order valence-corrected chi connectivity index (χ3v) is 10.9. The first kappa shape index (κ1) is 20.7. The van der Waals surface area contributed by atoms with Gasteiger partial charge in [0.15, 0.2) is 8.32 Å². The minimum Gasteiger partial charge on any atom is -0.466 e. The van der Waals surface area contributed by atoms with E-state index in [2.05, 4.69) is 46.0 Å². The van der Waals surface area contributed by atoms with Crippen LogP contribution in [0.3, 0.4) is 0 Å². The Morgan fingerprint density at radius 1 is 1.28 bits per heavy atom. The fourth-order valence-corrected chi connectivity index (χ4v) is 5.42. The zero-order valence-corrected chi connectivity index (χ0v) is 17.7. The molecule has 1 saturated carbocycles. The second-order valence-electron chi connectivity index (χ2n) is 9.20. The van der Waals surface area contributed by atoms with Crippen LogP contribution in [-0.4, -0.2) is 38.7 Å². The summed E-state index contributed by atoms with van der Waals surface area (Å²) in [4.78, 5) is 12.6. The van der Waals surface area contributed by atoms with Crippen molar-refractivity contribution in [1.29, 1.82) is 0 Å². The van der Waals surface area contributed by atoms with Crippen molar-refractivity contribution in [3.63, 3.8) is 0 Å². The number of allylic oxidation sites excluding steroid dienone is 2. The molecule has 0 aliphatic heterocycles. The van der Waals surface area contributed by atoms with Crippen LogP contribution in [-0.2, 0) is 14.0 Å². The van der Waals surface area contributed by atoms with Gasteiger partial charge in [-0.3, -0.25) is 4.79 Å². The lowest BCUT2D eigenvalue weighted by Crippen LogP contribution is -2.52. The maximum absolute atomic E-state index is 12.6. The van der Waals surface area contributed by atoms with Gasteiger partial charge in [0.2, 0.25) is 0 Å². The maximum atomic E-state index is 12.6. The minimum absolute atomic E-state index is 0.0242. The van der Waals surface area contributed by atoms with E-state index in [9.17, 15) is 9.90 Å². The highest BCUT2D eigenvalue weighted by molar-refractivity contribution is 6.74. The van der Waals surface area contributed by atoms with Crippen molar-refractivity contribution in [2.45, 2.75) is 71.2 Å². The van der Waals surface area contributed by atoms with E-state index < -0.39 is 8.32 Å². The number of ether oxygens (including phenoxy) is 1. The topological polar surface area (TPSA) is 55.8 Å². The molecule has 2 aliphatic carbocycles. The van der Waals surface area contributed by atoms with E-state index in [0.717, 1.165) is 19.3 Å². The molecule has 0 aromatic rings. The molecule has 0 radical (unpaired) electrons. The van der Waals surface area contributed by atoms with Crippen LogP contribution in [0.2, 0.25) is 18.1 Å². The molecule has 1 fully saturated rings. The van der Waals surface area contributed by atoms with Crippen LogP contribution < -0.4 is 0 Å². The van der Waals surface area contributed by atoms with Crippen molar-refractivity contribution >= 4 is 14.3 Å². The number of hydrogen-bond acceptors (Lipinski definition) is 4. The Hall–Kier alpha value is -0.653. The first-order valence-electron chi connectivity index (χ1n) is 9.72. The standard InChI is InChI=1S/C20H36O4Si/c1-7-23-19(22)16-10-8-9-15-11-14(13-21)12-17(18(15)16)24-25(5,6)20(2,3)4/h8-9,14-18,21H,7,10-13H2,1-6H3/t14-,15?,16-,17-,18?/m0/s1. The van der Waals surface area contributed by atoms with E-state index in [1.165, 1.54) is 0 Å². The predicted octanol–water partition coefficient (Wildman–Crippen LogP) is 4.15. The minimum atomic E-state index is -1.95. The third kappa shape index (κ3) is 4.55. The van der Waals surface area contributed by atoms with E-state index in [1.54, 1.807) is 0 Å². The second-order valence-corrected chi connectivity index (χ2v) is 14.0. The number of fused-ring (bicyclic) bond motifs is 1. The molecular formula is C20H36O4Si. The Bertz CT molecular complexity index is 494. The lowest BCUT2D eigenvalue weighted by atomic mass is 9.64. The van der Waals surface area contributed by atoms with Crippen LogP contribution in [0, 0.1) is 23.7 Å². The highest BCUT2D eigenvalue weighted by Gasteiger charge is 2.49. The third-order valence-electron chi connectivity index (χ3n) is 6.43. The van der Waals surface area contributed by atoms with E-state index in [0.29, 0.717) is 12.5 Å². The molecule has 1 N–H and O–H groups in total. The van der Waals surface area contributed by atoms with Gasteiger partial charge in [0.25, 0.3) is 0 Å². The summed E-state index contributed by atoms with van der Waals surface area (Å²) in [5, 5.41) is 9.88. The number of carbonyl (C=O) groups excluding carboxylic acids is 1. The van der Waals surface area contributed by atoms with Crippen molar-refractivity contribution in [2.24, 2.45) is 23.7 Å². The van der Waals surface area contributed by atoms with Crippen molar-refractivity contribution < 1.29 is 19.1 Å². The van der Waals surface area contributed by atoms with E-state index in [4.69, 9.17) is 9.16 Å². The van der Waals surface area contributed by atoms with Crippen LogP contribution in [0.25, 0.3) is 0 Å². The predicted molar refractivity (Wildman–Crippen MR) is 103 cm³/mol. The number of hydrogen-bond donors (Lipinski definition) is 1. The lowest BCUT2D eigenvalue weighted by molar-refractivity contribution is -0.154. The molecule has 0 aromatic carbocycles. The summed E-state index contributed by atoms with van der Waals surface area (Å²) in [5.41, 5.74) is 0. The summed E-state index contributed by atoms with van der Waals surface area (Å²) in [5.74, 6) is 0.504. The zero-order valence-electron chi connectivity index (χ0n) is 16.7. The van der Waals surface area contributed by atoms with Crippen LogP contribution in [0.5, 0.6) is 0 Å². The Balaban J connectivity index is 2.29. The van der Waals surface area contributed by atoms with Crippen LogP contribution in [0.1, 0.15) is 47.0 Å². The molecule has 5 heteroatoms. The molecule has 4 nitrogen and oxygen atoms in total. The molecule has 0 spiro atoms. The summed E-state index contributed by atoms with van der Waals surface area (Å²) in [7, 11) is -1.95. The fraction of sp³-hybridized carbons (Fsp3) is 0.850. The maximum Gasteiger partial charge on any atom is 0.309 e. The second kappa shape index (κ2) is 7.93. The van der Waals surface area contributed by atoms with Crippen molar-refractivity contribution in [3.05, 3.63) is 12.2 Å². The SMILES string of the molecule is CCOC(=O)[C@H]1CC=CC2C[C@H](CO)C[C@H](O[Si](C)(C)C(C)(C)C)C21. The van der Waals surface area contributed by atoms with Gasteiger partial charge >= 0.3 is 5.97 Å². The smallest absolute Gasteiger partial charge is 0.309 e. The summed E-state index contributed by atoms with van der Waals surface area (Å²) >= 11 is 0. The molecule has 0 heterocycles. The average Bonchev–Trinajstić information content (AvgIpc) is 2.52. The van der Waals surface area contributed by atoms with Gasteiger partial charge in [-0.25, -0.2) is 0 Å². The Morgan fingerprint density at radius 3 is 2.52 bits per heavy atom. The monoisotopic (exact) mass is 368 g/mol. The van der Waals surface area contributed by atoms with Gasteiger partial charge < -0.3 is 14.3 Å². The number of rotatable bonds is 5. The quantitative estimate of drug-likeness (QED) is 0.450. The van der Waals surface area contributed by atoms with Gasteiger partial charge in [-0.15, -0.1) is 0 Å². The van der Waals surface area contributed by atoms with Crippen molar-refractivity contribution in [3.8, 4) is 0 Å². The van der Waals surface area contributed by atoms with Crippen molar-refractivity contribution in [2.75, 3.05) is 13.2 Å². The van der Waals surface area contributed by atoms with Gasteiger partial charge in [-0.05, 0) is 56.2 Å². The van der Waals surface area contributed by atoms with Crippen LogP contribution >= 0.6 is 0 Å². The number of aliphatic hydroxyl groups is 1.